The standard InChI is InChI=1S/C21H22N2O3/c1-22-20(24)17-13-23(12-14-6-4-3-5-7-14)19(18(17)21(22)25)15-8-10-16(26-2)11-9-15/h3-11,17-19H,12-13H2,1-2H3/t17-,18-,19+/m0/s1. The minimum Gasteiger partial charge on any atom is -0.497 e. The van der Waals surface area contributed by atoms with Gasteiger partial charge in [0.15, 0.2) is 0 Å². The average Bonchev–Trinajstić information content (AvgIpc) is 3.14. The molecule has 5 nitrogen and oxygen atoms in total. The van der Waals surface area contributed by atoms with E-state index in [1.54, 1.807) is 14.2 Å². The number of fused-ring (bicyclic) bond motifs is 1. The van der Waals surface area contributed by atoms with Gasteiger partial charge in [-0.2, -0.15) is 0 Å². The first-order valence-corrected chi connectivity index (χ1v) is 8.83. The molecule has 2 aliphatic heterocycles. The maximum absolute atomic E-state index is 12.8. The Kier molecular flexibility index (Phi) is 4.24. The van der Waals surface area contributed by atoms with Crippen LogP contribution in [-0.4, -0.2) is 42.3 Å². The molecule has 2 saturated heterocycles. The average molecular weight is 350 g/mol. The highest BCUT2D eigenvalue weighted by molar-refractivity contribution is 6.05. The number of rotatable bonds is 4. The van der Waals surface area contributed by atoms with Crippen LogP contribution in [0.4, 0.5) is 0 Å². The summed E-state index contributed by atoms with van der Waals surface area (Å²) in [5.74, 6) is 0.0715. The lowest BCUT2D eigenvalue weighted by atomic mass is 9.88. The summed E-state index contributed by atoms with van der Waals surface area (Å²) < 4.78 is 5.25. The van der Waals surface area contributed by atoms with Gasteiger partial charge in [-0.25, -0.2) is 0 Å². The van der Waals surface area contributed by atoms with Gasteiger partial charge in [0, 0.05) is 26.2 Å². The summed E-state index contributed by atoms with van der Waals surface area (Å²) in [7, 11) is 3.23. The number of nitrogens with zero attached hydrogens (tertiary/aromatic N) is 2. The van der Waals surface area contributed by atoms with Crippen LogP contribution >= 0.6 is 0 Å². The highest BCUT2D eigenvalue weighted by atomic mass is 16.5. The summed E-state index contributed by atoms with van der Waals surface area (Å²) in [6, 6.07) is 17.9. The molecule has 0 radical (unpaired) electrons. The highest BCUT2D eigenvalue weighted by Crippen LogP contribution is 2.46. The van der Waals surface area contributed by atoms with Crippen molar-refractivity contribution in [2.24, 2.45) is 11.8 Å². The Labute approximate surface area is 153 Å². The maximum Gasteiger partial charge on any atom is 0.234 e. The molecule has 2 aromatic carbocycles. The first kappa shape index (κ1) is 16.8. The molecule has 0 aliphatic carbocycles. The van der Waals surface area contributed by atoms with E-state index in [2.05, 4.69) is 17.0 Å². The summed E-state index contributed by atoms with van der Waals surface area (Å²) in [5, 5.41) is 0. The largest absolute Gasteiger partial charge is 0.497 e. The van der Waals surface area contributed by atoms with Crippen molar-refractivity contribution in [3.63, 3.8) is 0 Å². The third kappa shape index (κ3) is 2.69. The first-order valence-electron chi connectivity index (χ1n) is 8.83. The number of methoxy groups -OCH3 is 1. The molecule has 2 fully saturated rings. The molecule has 5 heteroatoms. The number of carbonyl (C=O) groups is 2. The van der Waals surface area contributed by atoms with Gasteiger partial charge in [0.05, 0.1) is 18.9 Å². The molecular formula is C21H22N2O3. The molecule has 0 spiro atoms. The molecule has 134 valence electrons. The predicted molar refractivity (Wildman–Crippen MR) is 97.3 cm³/mol. The van der Waals surface area contributed by atoms with Crippen molar-refractivity contribution in [1.29, 1.82) is 0 Å². The molecule has 2 amide bonds. The smallest absolute Gasteiger partial charge is 0.234 e. The second-order valence-corrected chi connectivity index (χ2v) is 7.00. The van der Waals surface area contributed by atoms with Gasteiger partial charge in [0.25, 0.3) is 0 Å². The zero-order valence-electron chi connectivity index (χ0n) is 15.0. The Balaban J connectivity index is 1.70. The molecule has 4 rings (SSSR count). The van der Waals surface area contributed by atoms with E-state index in [0.717, 1.165) is 17.9 Å². The number of benzene rings is 2. The summed E-state index contributed by atoms with van der Waals surface area (Å²) >= 11 is 0. The molecule has 2 aromatic rings. The van der Waals surface area contributed by atoms with Crippen LogP contribution in [-0.2, 0) is 16.1 Å². The van der Waals surface area contributed by atoms with Crippen molar-refractivity contribution >= 4 is 11.8 Å². The number of hydrogen-bond acceptors (Lipinski definition) is 4. The predicted octanol–water partition coefficient (Wildman–Crippen LogP) is 2.48. The summed E-state index contributed by atoms with van der Waals surface area (Å²) in [5.41, 5.74) is 2.23. The Morgan fingerprint density at radius 3 is 2.35 bits per heavy atom. The third-order valence-corrected chi connectivity index (χ3v) is 5.55. The van der Waals surface area contributed by atoms with E-state index in [0.29, 0.717) is 6.54 Å². The lowest BCUT2D eigenvalue weighted by molar-refractivity contribution is -0.139. The summed E-state index contributed by atoms with van der Waals surface area (Å²) in [6.07, 6.45) is 0. The van der Waals surface area contributed by atoms with Gasteiger partial charge in [0.1, 0.15) is 5.75 Å². The fraction of sp³-hybridized carbons (Fsp3) is 0.333. The van der Waals surface area contributed by atoms with Gasteiger partial charge in [-0.1, -0.05) is 42.5 Å². The van der Waals surface area contributed by atoms with Gasteiger partial charge in [-0.05, 0) is 23.3 Å². The second-order valence-electron chi connectivity index (χ2n) is 7.00. The Hall–Kier alpha value is -2.66. The van der Waals surface area contributed by atoms with Crippen LogP contribution < -0.4 is 4.74 Å². The number of likely N-dealkylation sites (tertiary alicyclic amines) is 2. The van der Waals surface area contributed by atoms with Gasteiger partial charge in [0.2, 0.25) is 11.8 Å². The topological polar surface area (TPSA) is 49.9 Å². The second kappa shape index (κ2) is 6.57. The van der Waals surface area contributed by atoms with Crippen LogP contribution in [0.25, 0.3) is 0 Å². The number of ether oxygens (including phenoxy) is 1. The van der Waals surface area contributed by atoms with Crippen LogP contribution in [0.15, 0.2) is 54.6 Å². The minimum atomic E-state index is -0.315. The van der Waals surface area contributed by atoms with Crippen LogP contribution in [0.5, 0.6) is 5.75 Å². The summed E-state index contributed by atoms with van der Waals surface area (Å²) in [6.45, 7) is 1.32. The fourth-order valence-electron chi connectivity index (χ4n) is 4.25. The van der Waals surface area contributed by atoms with Crippen molar-refractivity contribution in [2.45, 2.75) is 12.6 Å². The molecule has 2 heterocycles. The van der Waals surface area contributed by atoms with Crippen LogP contribution in [0, 0.1) is 11.8 Å². The van der Waals surface area contributed by atoms with E-state index in [1.807, 2.05) is 42.5 Å². The van der Waals surface area contributed by atoms with Crippen molar-refractivity contribution in [3.8, 4) is 5.75 Å². The number of hydrogen-bond donors (Lipinski definition) is 0. The lowest BCUT2D eigenvalue weighted by Gasteiger charge is -2.28. The van der Waals surface area contributed by atoms with Gasteiger partial charge in [-0.3, -0.25) is 19.4 Å². The van der Waals surface area contributed by atoms with Crippen molar-refractivity contribution in [1.82, 2.24) is 9.80 Å². The van der Waals surface area contributed by atoms with E-state index in [4.69, 9.17) is 4.74 Å². The summed E-state index contributed by atoms with van der Waals surface area (Å²) in [4.78, 5) is 28.8. The van der Waals surface area contributed by atoms with Crippen LogP contribution in [0.3, 0.4) is 0 Å². The molecule has 0 bridgehead atoms. The fourth-order valence-corrected chi connectivity index (χ4v) is 4.25. The molecule has 2 aliphatic rings. The van der Waals surface area contributed by atoms with Crippen molar-refractivity contribution in [2.75, 3.05) is 20.7 Å². The van der Waals surface area contributed by atoms with E-state index < -0.39 is 0 Å². The van der Waals surface area contributed by atoms with Gasteiger partial charge < -0.3 is 4.74 Å². The minimum absolute atomic E-state index is 0.0610. The van der Waals surface area contributed by atoms with E-state index in [1.165, 1.54) is 10.5 Å². The lowest BCUT2D eigenvalue weighted by Crippen LogP contribution is -2.34. The monoisotopic (exact) mass is 350 g/mol. The molecule has 0 N–H and O–H groups in total. The van der Waals surface area contributed by atoms with Crippen LogP contribution in [0.2, 0.25) is 0 Å². The van der Waals surface area contributed by atoms with Crippen molar-refractivity contribution in [3.05, 3.63) is 65.7 Å². The molecule has 3 atom stereocenters. The number of amides is 2. The molecular weight excluding hydrogens is 328 g/mol. The normalized spacial score (nSPS) is 25.6. The Bertz CT molecular complexity index is 819. The molecule has 26 heavy (non-hydrogen) atoms. The molecule has 0 unspecified atom stereocenters. The Morgan fingerprint density at radius 1 is 1.00 bits per heavy atom. The molecule has 0 saturated carbocycles. The zero-order valence-corrected chi connectivity index (χ0v) is 15.0. The Morgan fingerprint density at radius 2 is 1.69 bits per heavy atom. The van der Waals surface area contributed by atoms with E-state index >= 15 is 0 Å². The number of carbonyl (C=O) groups excluding carboxylic acids is 2. The van der Waals surface area contributed by atoms with E-state index in [9.17, 15) is 9.59 Å². The SMILES string of the molecule is COc1ccc([C@@H]2[C@H]3C(=O)N(C)C(=O)[C@H]3CN2Cc2ccccc2)cc1. The van der Waals surface area contributed by atoms with Crippen molar-refractivity contribution < 1.29 is 14.3 Å². The third-order valence-electron chi connectivity index (χ3n) is 5.55. The van der Waals surface area contributed by atoms with Gasteiger partial charge in [-0.15, -0.1) is 0 Å². The van der Waals surface area contributed by atoms with E-state index in [-0.39, 0.29) is 29.7 Å². The zero-order chi connectivity index (χ0) is 18.3. The van der Waals surface area contributed by atoms with Crippen LogP contribution in [0.1, 0.15) is 17.2 Å². The molecule has 0 aromatic heterocycles. The number of imide groups is 1. The quantitative estimate of drug-likeness (QED) is 0.795. The highest BCUT2D eigenvalue weighted by Gasteiger charge is 2.56. The van der Waals surface area contributed by atoms with Gasteiger partial charge >= 0.3 is 0 Å². The maximum atomic E-state index is 12.8. The first-order chi connectivity index (χ1) is 12.6.